The van der Waals surface area contributed by atoms with Crippen LogP contribution < -0.4 is 11.3 Å². The normalized spacial score (nSPS) is 12.5. The number of hydrogen-bond donors (Lipinski definition) is 2. The van der Waals surface area contributed by atoms with Crippen LogP contribution in [0.2, 0.25) is 0 Å². The fourth-order valence-corrected chi connectivity index (χ4v) is 1.43. The molecule has 0 aromatic heterocycles. The monoisotopic (exact) mass is 240 g/mol. The molecule has 1 aromatic rings. The third kappa shape index (κ3) is 2.95. The zero-order valence-corrected chi connectivity index (χ0v) is 8.92. The van der Waals surface area contributed by atoms with Crippen molar-refractivity contribution in [2.45, 2.75) is 12.5 Å². The van der Waals surface area contributed by atoms with Gasteiger partial charge in [-0.15, -0.1) is 6.58 Å². The summed E-state index contributed by atoms with van der Waals surface area (Å²) in [6.45, 7) is 3.69. The molecule has 0 bridgehead atoms. The molecule has 2 nitrogen and oxygen atoms in total. The average molecular weight is 241 g/mol. The molecule has 1 unspecified atom stereocenters. The first-order valence-electron chi connectivity index (χ1n) is 4.10. The summed E-state index contributed by atoms with van der Waals surface area (Å²) in [7, 11) is 0. The van der Waals surface area contributed by atoms with Crippen molar-refractivity contribution in [3.8, 4) is 0 Å². The van der Waals surface area contributed by atoms with Gasteiger partial charge in [0.25, 0.3) is 0 Å². The van der Waals surface area contributed by atoms with E-state index < -0.39 is 0 Å². The number of nitrogens with two attached hydrogens (primary N) is 1. The molecule has 70 valence electrons. The molecule has 13 heavy (non-hydrogen) atoms. The smallest absolute Gasteiger partial charge is 0.0494 e. The lowest BCUT2D eigenvalue weighted by Gasteiger charge is -2.13. The molecule has 0 aliphatic carbocycles. The summed E-state index contributed by atoms with van der Waals surface area (Å²) in [5.41, 5.74) is 3.92. The number of halogens is 1. The SMILES string of the molecule is C=CCC(NN)c1ccc(Br)cc1. The minimum Gasteiger partial charge on any atom is -0.271 e. The summed E-state index contributed by atoms with van der Waals surface area (Å²) in [5.74, 6) is 5.42. The van der Waals surface area contributed by atoms with Gasteiger partial charge in [-0.1, -0.05) is 34.1 Å². The third-order valence-electron chi connectivity index (χ3n) is 1.88. The van der Waals surface area contributed by atoms with Crippen molar-refractivity contribution in [3.63, 3.8) is 0 Å². The Hall–Kier alpha value is -0.640. The number of hydrazine groups is 1. The lowest BCUT2D eigenvalue weighted by atomic mass is 10.1. The maximum atomic E-state index is 5.42. The quantitative estimate of drug-likeness (QED) is 0.483. The van der Waals surface area contributed by atoms with E-state index >= 15 is 0 Å². The van der Waals surface area contributed by atoms with E-state index in [9.17, 15) is 0 Å². The van der Waals surface area contributed by atoms with Crippen molar-refractivity contribution in [2.75, 3.05) is 0 Å². The maximum Gasteiger partial charge on any atom is 0.0494 e. The van der Waals surface area contributed by atoms with Crippen LogP contribution in [0.1, 0.15) is 18.0 Å². The summed E-state index contributed by atoms with van der Waals surface area (Å²) in [6.07, 6.45) is 2.69. The van der Waals surface area contributed by atoms with E-state index in [2.05, 4.69) is 27.9 Å². The summed E-state index contributed by atoms with van der Waals surface area (Å²) in [5, 5.41) is 0. The lowest BCUT2D eigenvalue weighted by molar-refractivity contribution is 0.561. The lowest BCUT2D eigenvalue weighted by Crippen LogP contribution is -2.27. The van der Waals surface area contributed by atoms with Crippen LogP contribution in [0.15, 0.2) is 41.4 Å². The largest absolute Gasteiger partial charge is 0.271 e. The van der Waals surface area contributed by atoms with Gasteiger partial charge in [-0.05, 0) is 24.1 Å². The molecule has 0 heterocycles. The molecular formula is C10H13BrN2. The second kappa shape index (κ2) is 5.17. The van der Waals surface area contributed by atoms with E-state index in [4.69, 9.17) is 5.84 Å². The van der Waals surface area contributed by atoms with Gasteiger partial charge in [0.2, 0.25) is 0 Å². The molecule has 0 radical (unpaired) electrons. The zero-order valence-electron chi connectivity index (χ0n) is 7.33. The van der Waals surface area contributed by atoms with Gasteiger partial charge in [-0.2, -0.15) is 0 Å². The van der Waals surface area contributed by atoms with Crippen LogP contribution in [0.25, 0.3) is 0 Å². The van der Waals surface area contributed by atoms with E-state index in [0.717, 1.165) is 10.9 Å². The van der Waals surface area contributed by atoms with Crippen LogP contribution in [0, 0.1) is 0 Å². The molecular weight excluding hydrogens is 228 g/mol. The predicted octanol–water partition coefficient (Wildman–Crippen LogP) is 2.53. The molecule has 0 fully saturated rings. The highest BCUT2D eigenvalue weighted by molar-refractivity contribution is 9.10. The van der Waals surface area contributed by atoms with Crippen molar-refractivity contribution >= 4 is 15.9 Å². The van der Waals surface area contributed by atoms with E-state index in [1.807, 2.05) is 30.3 Å². The van der Waals surface area contributed by atoms with E-state index in [1.165, 1.54) is 5.56 Å². The van der Waals surface area contributed by atoms with Crippen LogP contribution in [-0.2, 0) is 0 Å². The highest BCUT2D eigenvalue weighted by Gasteiger charge is 2.06. The minimum absolute atomic E-state index is 0.158. The van der Waals surface area contributed by atoms with Gasteiger partial charge in [0.1, 0.15) is 0 Å². The number of benzene rings is 1. The number of rotatable bonds is 4. The fourth-order valence-electron chi connectivity index (χ4n) is 1.16. The Balaban J connectivity index is 2.78. The fraction of sp³-hybridized carbons (Fsp3) is 0.200. The Morgan fingerprint density at radius 3 is 2.54 bits per heavy atom. The van der Waals surface area contributed by atoms with Crippen LogP contribution in [-0.4, -0.2) is 0 Å². The zero-order chi connectivity index (χ0) is 9.68. The van der Waals surface area contributed by atoms with E-state index in [-0.39, 0.29) is 6.04 Å². The molecule has 0 aliphatic rings. The third-order valence-corrected chi connectivity index (χ3v) is 2.40. The molecule has 1 atom stereocenters. The van der Waals surface area contributed by atoms with Crippen LogP contribution >= 0.6 is 15.9 Å². The van der Waals surface area contributed by atoms with Gasteiger partial charge in [-0.25, -0.2) is 0 Å². The number of nitrogens with one attached hydrogen (secondary N) is 1. The molecule has 3 heteroatoms. The van der Waals surface area contributed by atoms with Gasteiger partial charge < -0.3 is 0 Å². The van der Waals surface area contributed by atoms with Crippen LogP contribution in [0.4, 0.5) is 0 Å². The Morgan fingerprint density at radius 1 is 1.46 bits per heavy atom. The van der Waals surface area contributed by atoms with Gasteiger partial charge in [0.15, 0.2) is 0 Å². The van der Waals surface area contributed by atoms with Gasteiger partial charge in [-0.3, -0.25) is 11.3 Å². The standard InChI is InChI=1S/C10H13BrN2/c1-2-3-10(13-12)8-4-6-9(11)7-5-8/h2,4-7,10,13H,1,3,12H2. The highest BCUT2D eigenvalue weighted by Crippen LogP contribution is 2.18. The van der Waals surface area contributed by atoms with Crippen molar-refractivity contribution in [1.29, 1.82) is 0 Å². The highest BCUT2D eigenvalue weighted by atomic mass is 79.9. The molecule has 1 aromatic carbocycles. The number of hydrogen-bond acceptors (Lipinski definition) is 2. The molecule has 0 spiro atoms. The first-order chi connectivity index (χ1) is 6.27. The predicted molar refractivity (Wildman–Crippen MR) is 59.0 cm³/mol. The Kier molecular flexibility index (Phi) is 4.15. The molecule has 0 saturated carbocycles. The second-order valence-corrected chi connectivity index (χ2v) is 3.71. The van der Waals surface area contributed by atoms with Gasteiger partial charge >= 0.3 is 0 Å². The summed E-state index contributed by atoms with van der Waals surface area (Å²) < 4.78 is 1.07. The Labute approximate surface area is 86.9 Å². The van der Waals surface area contributed by atoms with Crippen molar-refractivity contribution in [2.24, 2.45) is 5.84 Å². The molecule has 0 aliphatic heterocycles. The van der Waals surface area contributed by atoms with Crippen molar-refractivity contribution < 1.29 is 0 Å². The van der Waals surface area contributed by atoms with Gasteiger partial charge in [0, 0.05) is 10.5 Å². The average Bonchev–Trinajstić information content (AvgIpc) is 2.16. The topological polar surface area (TPSA) is 38.0 Å². The first kappa shape index (κ1) is 10.4. The summed E-state index contributed by atoms with van der Waals surface area (Å²) in [4.78, 5) is 0. The molecule has 0 saturated heterocycles. The second-order valence-electron chi connectivity index (χ2n) is 2.80. The Bertz CT molecular complexity index is 269. The maximum absolute atomic E-state index is 5.42. The van der Waals surface area contributed by atoms with Gasteiger partial charge in [0.05, 0.1) is 0 Å². The first-order valence-corrected chi connectivity index (χ1v) is 4.89. The van der Waals surface area contributed by atoms with E-state index in [0.29, 0.717) is 0 Å². The summed E-state index contributed by atoms with van der Waals surface area (Å²) >= 11 is 3.38. The van der Waals surface area contributed by atoms with Crippen molar-refractivity contribution in [3.05, 3.63) is 47.0 Å². The Morgan fingerprint density at radius 2 is 2.08 bits per heavy atom. The van der Waals surface area contributed by atoms with Crippen LogP contribution in [0.3, 0.4) is 0 Å². The molecule has 3 N–H and O–H groups in total. The van der Waals surface area contributed by atoms with Crippen LogP contribution in [0.5, 0.6) is 0 Å². The molecule has 0 amide bonds. The van der Waals surface area contributed by atoms with E-state index in [1.54, 1.807) is 0 Å². The minimum atomic E-state index is 0.158. The molecule has 1 rings (SSSR count). The van der Waals surface area contributed by atoms with Crippen molar-refractivity contribution in [1.82, 2.24) is 5.43 Å². The summed E-state index contributed by atoms with van der Waals surface area (Å²) in [6, 6.07) is 8.24.